The van der Waals surface area contributed by atoms with E-state index in [1.807, 2.05) is 6.07 Å². The molecule has 0 aliphatic rings. The summed E-state index contributed by atoms with van der Waals surface area (Å²) in [6, 6.07) is 8.72. The summed E-state index contributed by atoms with van der Waals surface area (Å²) in [5.74, 6) is -0.859. The van der Waals surface area contributed by atoms with E-state index >= 15 is 0 Å². The Balaban J connectivity index is 2.71. The number of carbonyl (C=O) groups is 1. The maximum Gasteiger partial charge on any atom is 0.306 e. The van der Waals surface area contributed by atoms with Crippen molar-refractivity contribution in [1.82, 2.24) is 4.31 Å². The van der Waals surface area contributed by atoms with E-state index in [9.17, 15) is 13.2 Å². The van der Waals surface area contributed by atoms with Crippen molar-refractivity contribution in [2.75, 3.05) is 19.9 Å². The fourth-order valence-corrected chi connectivity index (χ4v) is 2.65. The molecule has 0 amide bonds. The molecule has 0 saturated carbocycles. The van der Waals surface area contributed by atoms with E-state index in [0.29, 0.717) is 11.1 Å². The Kier molecular flexibility index (Phi) is 5.67. The van der Waals surface area contributed by atoms with Gasteiger partial charge in [-0.15, -0.1) is 0 Å². The third kappa shape index (κ3) is 4.64. The van der Waals surface area contributed by atoms with E-state index in [0.717, 1.165) is 4.31 Å². The predicted molar refractivity (Wildman–Crippen MR) is 73.0 cm³/mol. The Bertz CT molecular complexity index is 620. The highest BCUT2D eigenvalue weighted by Gasteiger charge is 2.19. The molecule has 0 aliphatic heterocycles. The zero-order valence-electron chi connectivity index (χ0n) is 11.4. The number of nitrogens with zero attached hydrogens (tertiary/aromatic N) is 2. The fourth-order valence-electron chi connectivity index (χ4n) is 1.56. The number of nitriles is 1. The minimum atomic E-state index is -3.53. The van der Waals surface area contributed by atoms with Gasteiger partial charge in [-0.2, -0.15) is 5.26 Å². The van der Waals surface area contributed by atoms with Gasteiger partial charge in [0, 0.05) is 13.6 Å². The normalized spacial score (nSPS) is 11.1. The summed E-state index contributed by atoms with van der Waals surface area (Å²) in [6.07, 6.45) is -0.179. The molecule has 0 aromatic heterocycles. The van der Waals surface area contributed by atoms with Gasteiger partial charge >= 0.3 is 5.97 Å². The van der Waals surface area contributed by atoms with Crippen molar-refractivity contribution in [2.45, 2.75) is 13.0 Å². The largest absolute Gasteiger partial charge is 0.469 e. The molecule has 0 bridgehead atoms. The second-order valence-electron chi connectivity index (χ2n) is 4.21. The number of esters is 1. The van der Waals surface area contributed by atoms with Crippen LogP contribution < -0.4 is 0 Å². The Morgan fingerprint density at radius 3 is 2.75 bits per heavy atom. The summed E-state index contributed by atoms with van der Waals surface area (Å²) in [6.45, 7) is 0.152. The zero-order chi connectivity index (χ0) is 15.2. The van der Waals surface area contributed by atoms with Crippen molar-refractivity contribution < 1.29 is 17.9 Å². The van der Waals surface area contributed by atoms with E-state index in [2.05, 4.69) is 4.74 Å². The standard InChI is InChI=1S/C13H16N2O4S/c1-15(20(17,18)7-6-13(16)19-2)10-12-5-3-4-11(8-12)9-14/h3-5,8H,6-7,10H2,1-2H3. The molecule has 7 heteroatoms. The first-order chi connectivity index (χ1) is 9.39. The molecule has 0 heterocycles. The van der Waals surface area contributed by atoms with Crippen molar-refractivity contribution in [3.8, 4) is 6.07 Å². The molecule has 0 N–H and O–H groups in total. The highest BCUT2D eigenvalue weighted by molar-refractivity contribution is 7.89. The number of rotatable bonds is 6. The van der Waals surface area contributed by atoms with Gasteiger partial charge in [0.25, 0.3) is 0 Å². The molecular formula is C13H16N2O4S. The maximum atomic E-state index is 12.0. The molecule has 0 spiro atoms. The number of ether oxygens (including phenoxy) is 1. The van der Waals surface area contributed by atoms with Gasteiger partial charge in [0.1, 0.15) is 0 Å². The van der Waals surface area contributed by atoms with Crippen LogP contribution in [0, 0.1) is 11.3 Å². The van der Waals surface area contributed by atoms with Crippen molar-refractivity contribution >= 4 is 16.0 Å². The van der Waals surface area contributed by atoms with Gasteiger partial charge in [-0.3, -0.25) is 4.79 Å². The van der Waals surface area contributed by atoms with Crippen molar-refractivity contribution in [3.05, 3.63) is 35.4 Å². The van der Waals surface area contributed by atoms with Crippen LogP contribution in [0.15, 0.2) is 24.3 Å². The molecule has 0 unspecified atom stereocenters. The minimum Gasteiger partial charge on any atom is -0.469 e. The number of carbonyl (C=O) groups excluding carboxylic acids is 1. The van der Waals surface area contributed by atoms with Crippen LogP contribution in [0.25, 0.3) is 0 Å². The van der Waals surface area contributed by atoms with E-state index in [4.69, 9.17) is 5.26 Å². The summed E-state index contributed by atoms with van der Waals surface area (Å²) in [7, 11) is -0.883. The SMILES string of the molecule is COC(=O)CCS(=O)(=O)N(C)Cc1cccc(C#N)c1. The van der Waals surface area contributed by atoms with Crippen LogP contribution in [-0.4, -0.2) is 38.6 Å². The Hall–Kier alpha value is -1.91. The van der Waals surface area contributed by atoms with Crippen molar-refractivity contribution in [1.29, 1.82) is 5.26 Å². The number of hydrogen-bond donors (Lipinski definition) is 0. The molecule has 0 fully saturated rings. The quantitative estimate of drug-likeness (QED) is 0.727. The molecule has 1 aromatic rings. The lowest BCUT2D eigenvalue weighted by Gasteiger charge is -2.17. The van der Waals surface area contributed by atoms with Crippen LogP contribution >= 0.6 is 0 Å². The van der Waals surface area contributed by atoms with E-state index in [-0.39, 0.29) is 18.7 Å². The Morgan fingerprint density at radius 1 is 1.45 bits per heavy atom. The van der Waals surface area contributed by atoms with Crippen molar-refractivity contribution in [2.24, 2.45) is 0 Å². The van der Waals surface area contributed by atoms with Crippen LogP contribution in [0.4, 0.5) is 0 Å². The van der Waals surface area contributed by atoms with Crippen LogP contribution in [0.3, 0.4) is 0 Å². The van der Waals surface area contributed by atoms with Gasteiger partial charge in [-0.1, -0.05) is 12.1 Å². The summed E-state index contributed by atoms with van der Waals surface area (Å²) >= 11 is 0. The van der Waals surface area contributed by atoms with Gasteiger partial charge in [0.05, 0.1) is 30.9 Å². The number of benzene rings is 1. The molecule has 1 aromatic carbocycles. The van der Waals surface area contributed by atoms with Crippen LogP contribution in [0.2, 0.25) is 0 Å². The second kappa shape index (κ2) is 7.03. The monoisotopic (exact) mass is 296 g/mol. The average molecular weight is 296 g/mol. The maximum absolute atomic E-state index is 12.0. The highest BCUT2D eigenvalue weighted by atomic mass is 32.2. The summed E-state index contributed by atoms with van der Waals surface area (Å²) in [5.41, 5.74) is 1.19. The van der Waals surface area contributed by atoms with Gasteiger partial charge in [0.2, 0.25) is 10.0 Å². The summed E-state index contributed by atoms with van der Waals surface area (Å²) in [5, 5.41) is 8.80. The summed E-state index contributed by atoms with van der Waals surface area (Å²) < 4.78 is 29.5. The molecular weight excluding hydrogens is 280 g/mol. The fraction of sp³-hybridized carbons (Fsp3) is 0.385. The Morgan fingerprint density at radius 2 is 2.15 bits per heavy atom. The second-order valence-corrected chi connectivity index (χ2v) is 6.41. The lowest BCUT2D eigenvalue weighted by molar-refractivity contribution is -0.140. The first kappa shape index (κ1) is 16.1. The third-order valence-electron chi connectivity index (χ3n) is 2.73. The highest BCUT2D eigenvalue weighted by Crippen LogP contribution is 2.10. The van der Waals surface area contributed by atoms with Gasteiger partial charge < -0.3 is 4.74 Å². The lowest BCUT2D eigenvalue weighted by Crippen LogP contribution is -2.29. The number of hydrogen-bond acceptors (Lipinski definition) is 5. The zero-order valence-corrected chi connectivity index (χ0v) is 12.2. The Labute approximate surface area is 118 Å². The van der Waals surface area contributed by atoms with Crippen LogP contribution in [-0.2, 0) is 26.1 Å². The van der Waals surface area contributed by atoms with Gasteiger partial charge in [0.15, 0.2) is 0 Å². The molecule has 1 rings (SSSR count). The molecule has 108 valence electrons. The van der Waals surface area contributed by atoms with Crippen molar-refractivity contribution in [3.63, 3.8) is 0 Å². The molecule has 0 aliphatic carbocycles. The predicted octanol–water partition coefficient (Wildman–Crippen LogP) is 0.883. The first-order valence-corrected chi connectivity index (χ1v) is 7.50. The number of sulfonamides is 1. The lowest BCUT2D eigenvalue weighted by atomic mass is 10.1. The van der Waals surface area contributed by atoms with Gasteiger partial charge in [-0.05, 0) is 17.7 Å². The molecule has 20 heavy (non-hydrogen) atoms. The molecule has 6 nitrogen and oxygen atoms in total. The van der Waals surface area contributed by atoms with Gasteiger partial charge in [-0.25, -0.2) is 12.7 Å². The topological polar surface area (TPSA) is 87.5 Å². The smallest absolute Gasteiger partial charge is 0.306 e. The van der Waals surface area contributed by atoms with Crippen LogP contribution in [0.5, 0.6) is 0 Å². The molecule has 0 saturated heterocycles. The van der Waals surface area contributed by atoms with Crippen LogP contribution in [0.1, 0.15) is 17.5 Å². The first-order valence-electron chi connectivity index (χ1n) is 5.89. The third-order valence-corrected chi connectivity index (χ3v) is 4.53. The van der Waals surface area contributed by atoms with E-state index in [1.165, 1.54) is 14.2 Å². The molecule has 0 radical (unpaired) electrons. The average Bonchev–Trinajstić information content (AvgIpc) is 2.44. The van der Waals surface area contributed by atoms with E-state index in [1.54, 1.807) is 24.3 Å². The minimum absolute atomic E-state index is 0.152. The molecule has 0 atom stereocenters. The number of methoxy groups -OCH3 is 1. The summed E-state index contributed by atoms with van der Waals surface area (Å²) in [4.78, 5) is 11.0. The van der Waals surface area contributed by atoms with E-state index < -0.39 is 16.0 Å².